The van der Waals surface area contributed by atoms with Crippen LogP contribution in [0.1, 0.15) is 26.3 Å². The maximum atomic E-state index is 4.99. The van der Waals surface area contributed by atoms with E-state index in [0.29, 0.717) is 6.04 Å². The van der Waals surface area contributed by atoms with Crippen LogP contribution in [0.3, 0.4) is 0 Å². The van der Waals surface area contributed by atoms with Crippen LogP contribution in [0.2, 0.25) is 0 Å². The second-order valence-electron chi connectivity index (χ2n) is 3.22. The fourth-order valence-electron chi connectivity index (χ4n) is 1.21. The van der Waals surface area contributed by atoms with E-state index in [1.165, 1.54) is 5.57 Å². The molecule has 1 atom stereocenters. The lowest BCUT2D eigenvalue weighted by molar-refractivity contribution is 0.566. The Labute approximate surface area is 79.6 Å². The van der Waals surface area contributed by atoms with Crippen LogP contribution in [-0.2, 0) is 0 Å². The minimum absolute atomic E-state index is 0.430. The first-order valence-corrected chi connectivity index (χ1v) is 4.67. The van der Waals surface area contributed by atoms with Gasteiger partial charge in [0.1, 0.15) is 0 Å². The summed E-state index contributed by atoms with van der Waals surface area (Å²) in [4.78, 5) is 0. The Bertz CT molecular complexity index is 262. The van der Waals surface area contributed by atoms with Crippen molar-refractivity contribution in [3.05, 3.63) is 29.7 Å². The number of rotatable bonds is 4. The Morgan fingerprint density at radius 3 is 3.00 bits per heavy atom. The van der Waals surface area contributed by atoms with Crippen LogP contribution in [0.15, 0.2) is 28.6 Å². The summed E-state index contributed by atoms with van der Waals surface area (Å²) >= 11 is 0. The van der Waals surface area contributed by atoms with Gasteiger partial charge in [0.2, 0.25) is 0 Å². The molecule has 2 nitrogen and oxygen atoms in total. The minimum atomic E-state index is 0.430. The molecule has 0 aliphatic rings. The maximum Gasteiger partial charge on any atom is 0.0974 e. The van der Waals surface area contributed by atoms with Gasteiger partial charge in [0.05, 0.1) is 12.5 Å². The lowest BCUT2D eigenvalue weighted by Crippen LogP contribution is -2.26. The molecule has 0 bridgehead atoms. The van der Waals surface area contributed by atoms with E-state index in [9.17, 15) is 0 Å². The fourth-order valence-corrected chi connectivity index (χ4v) is 1.21. The molecule has 0 radical (unpaired) electrons. The molecular weight excluding hydrogens is 162 g/mol. The van der Waals surface area contributed by atoms with Crippen molar-refractivity contribution < 1.29 is 4.42 Å². The molecule has 0 saturated carbocycles. The third kappa shape index (κ3) is 3.07. The highest BCUT2D eigenvalue weighted by molar-refractivity contribution is 5.51. The number of likely N-dealkylation sites (N-methyl/N-ethyl adjacent to an activating group) is 1. The topological polar surface area (TPSA) is 25.2 Å². The van der Waals surface area contributed by atoms with E-state index < -0.39 is 0 Å². The third-order valence-electron chi connectivity index (χ3n) is 2.13. The summed E-state index contributed by atoms with van der Waals surface area (Å²) in [6.45, 7) is 7.40. The lowest BCUT2D eigenvalue weighted by Gasteiger charge is -2.12. The van der Waals surface area contributed by atoms with Crippen molar-refractivity contribution in [1.29, 1.82) is 0 Å². The molecule has 1 aromatic heterocycles. The highest BCUT2D eigenvalue weighted by atomic mass is 16.3. The fraction of sp³-hybridized carbons (Fsp3) is 0.455. The van der Waals surface area contributed by atoms with E-state index in [1.807, 2.05) is 6.07 Å². The first kappa shape index (κ1) is 10.1. The average molecular weight is 179 g/mol. The molecular formula is C11H17NO. The van der Waals surface area contributed by atoms with Crippen LogP contribution in [0.5, 0.6) is 0 Å². The maximum absolute atomic E-state index is 4.99. The summed E-state index contributed by atoms with van der Waals surface area (Å²) in [6.07, 6.45) is 5.58. The van der Waals surface area contributed by atoms with Crippen LogP contribution in [0.4, 0.5) is 0 Å². The zero-order valence-corrected chi connectivity index (χ0v) is 8.50. The van der Waals surface area contributed by atoms with E-state index >= 15 is 0 Å². The van der Waals surface area contributed by atoms with Crippen LogP contribution < -0.4 is 5.32 Å². The van der Waals surface area contributed by atoms with E-state index in [-0.39, 0.29) is 0 Å². The third-order valence-corrected chi connectivity index (χ3v) is 2.13. The molecule has 0 amide bonds. The van der Waals surface area contributed by atoms with Gasteiger partial charge in [-0.15, -0.1) is 0 Å². The van der Waals surface area contributed by atoms with Gasteiger partial charge in [-0.25, -0.2) is 0 Å². The zero-order valence-electron chi connectivity index (χ0n) is 8.50. The SMILES string of the molecule is CCNC(C)/C(C)=C/c1ccoc1. The summed E-state index contributed by atoms with van der Waals surface area (Å²) in [6, 6.07) is 2.39. The normalized spacial score (nSPS) is 14.5. The molecule has 0 fully saturated rings. The van der Waals surface area contributed by atoms with E-state index in [0.717, 1.165) is 12.1 Å². The van der Waals surface area contributed by atoms with Gasteiger partial charge in [-0.1, -0.05) is 18.6 Å². The summed E-state index contributed by atoms with van der Waals surface area (Å²) in [5.74, 6) is 0. The van der Waals surface area contributed by atoms with Crippen LogP contribution in [-0.4, -0.2) is 12.6 Å². The summed E-state index contributed by atoms with van der Waals surface area (Å²) in [7, 11) is 0. The van der Waals surface area contributed by atoms with Gasteiger partial charge >= 0.3 is 0 Å². The Morgan fingerprint density at radius 1 is 1.69 bits per heavy atom. The molecule has 0 aliphatic heterocycles. The molecule has 0 aromatic carbocycles. The Morgan fingerprint density at radius 2 is 2.46 bits per heavy atom. The molecule has 1 N–H and O–H groups in total. The van der Waals surface area contributed by atoms with Crippen molar-refractivity contribution >= 4 is 6.08 Å². The Kier molecular flexibility index (Phi) is 3.77. The van der Waals surface area contributed by atoms with Crippen molar-refractivity contribution in [1.82, 2.24) is 5.32 Å². The standard InChI is InChI=1S/C11H17NO/c1-4-12-10(3)9(2)7-11-5-6-13-8-11/h5-8,10,12H,4H2,1-3H3/b9-7+. The van der Waals surface area contributed by atoms with Gasteiger partial charge in [0, 0.05) is 11.6 Å². The zero-order chi connectivity index (χ0) is 9.68. The molecule has 0 saturated heterocycles. The monoisotopic (exact) mass is 179 g/mol. The number of hydrogen-bond donors (Lipinski definition) is 1. The second kappa shape index (κ2) is 4.87. The molecule has 1 aromatic rings. The highest BCUT2D eigenvalue weighted by Crippen LogP contribution is 2.09. The summed E-state index contributed by atoms with van der Waals surface area (Å²) in [5.41, 5.74) is 2.45. The number of furan rings is 1. The average Bonchev–Trinajstić information content (AvgIpc) is 2.57. The highest BCUT2D eigenvalue weighted by Gasteiger charge is 2.01. The molecule has 1 rings (SSSR count). The van der Waals surface area contributed by atoms with E-state index in [2.05, 4.69) is 32.2 Å². The van der Waals surface area contributed by atoms with Crippen molar-refractivity contribution in [2.75, 3.05) is 6.54 Å². The first-order chi connectivity index (χ1) is 6.24. The van der Waals surface area contributed by atoms with Gasteiger partial charge < -0.3 is 9.73 Å². The minimum Gasteiger partial charge on any atom is -0.472 e. The Balaban J connectivity index is 2.60. The second-order valence-corrected chi connectivity index (χ2v) is 3.22. The molecule has 1 heterocycles. The molecule has 72 valence electrons. The molecule has 1 unspecified atom stereocenters. The lowest BCUT2D eigenvalue weighted by atomic mass is 10.1. The van der Waals surface area contributed by atoms with Crippen LogP contribution in [0.25, 0.3) is 6.08 Å². The predicted octanol–water partition coefficient (Wildman–Crippen LogP) is 2.68. The van der Waals surface area contributed by atoms with Crippen molar-refractivity contribution in [3.8, 4) is 0 Å². The first-order valence-electron chi connectivity index (χ1n) is 4.67. The molecule has 13 heavy (non-hydrogen) atoms. The van der Waals surface area contributed by atoms with Crippen LogP contribution in [0, 0.1) is 0 Å². The van der Waals surface area contributed by atoms with Crippen molar-refractivity contribution in [2.45, 2.75) is 26.8 Å². The van der Waals surface area contributed by atoms with Gasteiger partial charge in [0.25, 0.3) is 0 Å². The number of nitrogens with one attached hydrogen (secondary N) is 1. The molecule has 0 spiro atoms. The smallest absolute Gasteiger partial charge is 0.0974 e. The Hall–Kier alpha value is -1.02. The van der Waals surface area contributed by atoms with Gasteiger partial charge in [-0.05, 0) is 26.5 Å². The largest absolute Gasteiger partial charge is 0.472 e. The van der Waals surface area contributed by atoms with Crippen molar-refractivity contribution in [3.63, 3.8) is 0 Å². The van der Waals surface area contributed by atoms with Gasteiger partial charge in [-0.2, -0.15) is 0 Å². The van der Waals surface area contributed by atoms with Gasteiger partial charge in [0.15, 0.2) is 0 Å². The molecule has 2 heteroatoms. The van der Waals surface area contributed by atoms with Crippen molar-refractivity contribution in [2.24, 2.45) is 0 Å². The van der Waals surface area contributed by atoms with Crippen LogP contribution >= 0.6 is 0 Å². The number of hydrogen-bond acceptors (Lipinski definition) is 2. The summed E-state index contributed by atoms with van der Waals surface area (Å²) < 4.78 is 4.99. The quantitative estimate of drug-likeness (QED) is 0.768. The molecule has 0 aliphatic carbocycles. The summed E-state index contributed by atoms with van der Waals surface area (Å²) in [5, 5.41) is 3.36. The van der Waals surface area contributed by atoms with Gasteiger partial charge in [-0.3, -0.25) is 0 Å². The predicted molar refractivity (Wildman–Crippen MR) is 55.5 cm³/mol. The van der Waals surface area contributed by atoms with E-state index in [1.54, 1.807) is 12.5 Å². The van der Waals surface area contributed by atoms with E-state index in [4.69, 9.17) is 4.42 Å².